The SMILES string of the molecule is CCc1ccc(C(=O)O)cc1S(=O)(=O)Nc1cc(C(F)(F)F)ccc1C1CCCCN1C. The molecule has 1 atom stereocenters. The maximum atomic E-state index is 13.4. The molecule has 1 fully saturated rings. The molecule has 3 rings (SSSR count). The predicted octanol–water partition coefficient (Wildman–Crippen LogP) is 4.92. The van der Waals surface area contributed by atoms with E-state index in [4.69, 9.17) is 0 Å². The summed E-state index contributed by atoms with van der Waals surface area (Å²) in [6.07, 6.45) is -1.82. The van der Waals surface area contributed by atoms with Crippen LogP contribution in [-0.2, 0) is 22.6 Å². The van der Waals surface area contributed by atoms with E-state index in [1.807, 2.05) is 11.9 Å². The molecule has 0 bridgehead atoms. The van der Waals surface area contributed by atoms with Crippen LogP contribution in [-0.4, -0.2) is 38.0 Å². The van der Waals surface area contributed by atoms with Crippen molar-refractivity contribution in [2.45, 2.75) is 49.7 Å². The number of hydrogen-bond donors (Lipinski definition) is 2. The Bertz CT molecular complexity index is 1120. The molecule has 1 unspecified atom stereocenters. The molecule has 0 spiro atoms. The summed E-state index contributed by atoms with van der Waals surface area (Å²) in [6, 6.07) is 6.58. The van der Waals surface area contributed by atoms with Gasteiger partial charge in [-0.05, 0) is 68.2 Å². The summed E-state index contributed by atoms with van der Waals surface area (Å²) >= 11 is 0. The zero-order chi connectivity index (χ0) is 23.7. The second-order valence-electron chi connectivity index (χ2n) is 7.88. The molecular weight excluding hydrogens is 445 g/mol. The van der Waals surface area contributed by atoms with Gasteiger partial charge in [0.25, 0.3) is 10.0 Å². The summed E-state index contributed by atoms with van der Waals surface area (Å²) in [5, 5.41) is 9.25. The average Bonchev–Trinajstić information content (AvgIpc) is 2.73. The molecule has 0 aromatic heterocycles. The molecule has 1 aliphatic rings. The smallest absolute Gasteiger partial charge is 0.416 e. The van der Waals surface area contributed by atoms with E-state index >= 15 is 0 Å². The fourth-order valence-electron chi connectivity index (χ4n) is 4.01. The van der Waals surface area contributed by atoms with Crippen molar-refractivity contribution in [1.82, 2.24) is 4.90 Å². The predicted molar refractivity (Wildman–Crippen MR) is 114 cm³/mol. The second kappa shape index (κ2) is 9.11. The van der Waals surface area contributed by atoms with E-state index < -0.39 is 27.7 Å². The van der Waals surface area contributed by atoms with E-state index in [1.165, 1.54) is 18.2 Å². The van der Waals surface area contributed by atoms with Crippen LogP contribution < -0.4 is 4.72 Å². The largest absolute Gasteiger partial charge is 0.478 e. The summed E-state index contributed by atoms with van der Waals surface area (Å²) in [7, 11) is -2.50. The van der Waals surface area contributed by atoms with E-state index in [0.29, 0.717) is 24.0 Å². The quantitative estimate of drug-likeness (QED) is 0.626. The first-order valence-corrected chi connectivity index (χ1v) is 11.7. The molecule has 0 aliphatic carbocycles. The fraction of sp³-hybridized carbons (Fsp3) is 0.409. The lowest BCUT2D eigenvalue weighted by Crippen LogP contribution is -2.30. The molecule has 1 heterocycles. The highest BCUT2D eigenvalue weighted by molar-refractivity contribution is 7.92. The van der Waals surface area contributed by atoms with Crippen molar-refractivity contribution in [2.24, 2.45) is 0 Å². The highest BCUT2D eigenvalue weighted by atomic mass is 32.2. The zero-order valence-corrected chi connectivity index (χ0v) is 18.6. The van der Waals surface area contributed by atoms with Crippen molar-refractivity contribution < 1.29 is 31.5 Å². The van der Waals surface area contributed by atoms with Gasteiger partial charge in [0, 0.05) is 6.04 Å². The van der Waals surface area contributed by atoms with Crippen molar-refractivity contribution >= 4 is 21.7 Å². The van der Waals surface area contributed by atoms with Crippen LogP contribution >= 0.6 is 0 Å². The zero-order valence-electron chi connectivity index (χ0n) is 17.7. The number of anilines is 1. The number of nitrogens with one attached hydrogen (secondary N) is 1. The summed E-state index contributed by atoms with van der Waals surface area (Å²) in [4.78, 5) is 13.1. The Morgan fingerprint density at radius 2 is 1.91 bits per heavy atom. The van der Waals surface area contributed by atoms with Crippen LogP contribution in [0.3, 0.4) is 0 Å². The third kappa shape index (κ3) is 5.07. The minimum absolute atomic E-state index is 0.152. The summed E-state index contributed by atoms with van der Waals surface area (Å²) in [6.45, 7) is 2.46. The van der Waals surface area contributed by atoms with Gasteiger partial charge in [0.05, 0.1) is 21.7 Å². The van der Waals surface area contributed by atoms with Gasteiger partial charge in [0.15, 0.2) is 0 Å². The van der Waals surface area contributed by atoms with Gasteiger partial charge < -0.3 is 5.11 Å². The van der Waals surface area contributed by atoms with Gasteiger partial charge in [0.2, 0.25) is 0 Å². The third-order valence-corrected chi connectivity index (χ3v) is 7.19. The molecule has 6 nitrogen and oxygen atoms in total. The number of benzene rings is 2. The molecular formula is C22H25F3N2O4S. The number of aryl methyl sites for hydroxylation is 1. The van der Waals surface area contributed by atoms with Crippen LogP contribution in [0.25, 0.3) is 0 Å². The van der Waals surface area contributed by atoms with E-state index in [0.717, 1.165) is 37.6 Å². The first kappa shape index (κ1) is 24.1. The van der Waals surface area contributed by atoms with Gasteiger partial charge in [-0.15, -0.1) is 0 Å². The highest BCUT2D eigenvalue weighted by Gasteiger charge is 2.33. The highest BCUT2D eigenvalue weighted by Crippen LogP contribution is 2.39. The number of carboxylic acid groups (broad SMARTS) is 1. The topological polar surface area (TPSA) is 86.7 Å². The van der Waals surface area contributed by atoms with Gasteiger partial charge in [0.1, 0.15) is 0 Å². The minimum atomic E-state index is -4.64. The lowest BCUT2D eigenvalue weighted by molar-refractivity contribution is -0.137. The number of aromatic carboxylic acids is 1. The minimum Gasteiger partial charge on any atom is -0.478 e. The maximum absolute atomic E-state index is 13.4. The van der Waals surface area contributed by atoms with E-state index in [9.17, 15) is 31.5 Å². The first-order valence-electron chi connectivity index (χ1n) is 10.2. The Labute approximate surface area is 185 Å². The Balaban J connectivity index is 2.12. The monoisotopic (exact) mass is 470 g/mol. The van der Waals surface area contributed by atoms with E-state index in [2.05, 4.69) is 4.72 Å². The van der Waals surface area contributed by atoms with Gasteiger partial charge in [-0.2, -0.15) is 13.2 Å². The first-order chi connectivity index (χ1) is 14.9. The Kier molecular flexibility index (Phi) is 6.85. The number of nitrogens with zero attached hydrogens (tertiary/aromatic N) is 1. The van der Waals surface area contributed by atoms with Crippen molar-refractivity contribution in [3.63, 3.8) is 0 Å². The Morgan fingerprint density at radius 1 is 1.19 bits per heavy atom. The van der Waals surface area contributed by atoms with Gasteiger partial charge in [-0.25, -0.2) is 13.2 Å². The molecule has 174 valence electrons. The van der Waals surface area contributed by atoms with Crippen LogP contribution in [0.15, 0.2) is 41.3 Å². The molecule has 0 saturated carbocycles. The number of rotatable bonds is 6. The lowest BCUT2D eigenvalue weighted by atomic mass is 9.93. The molecule has 2 N–H and O–H groups in total. The van der Waals surface area contributed by atoms with Gasteiger partial charge >= 0.3 is 12.1 Å². The van der Waals surface area contributed by atoms with Crippen molar-refractivity contribution in [2.75, 3.05) is 18.3 Å². The molecule has 10 heteroatoms. The molecule has 1 aliphatic heterocycles. The molecule has 1 saturated heterocycles. The third-order valence-electron chi connectivity index (χ3n) is 5.74. The molecule has 32 heavy (non-hydrogen) atoms. The number of likely N-dealkylation sites (tertiary alicyclic amines) is 1. The van der Waals surface area contributed by atoms with E-state index in [1.54, 1.807) is 6.92 Å². The number of halogens is 3. The number of carbonyl (C=O) groups is 1. The summed E-state index contributed by atoms with van der Waals surface area (Å²) < 4.78 is 68.9. The number of carboxylic acids is 1. The number of sulfonamides is 1. The molecule has 2 aromatic carbocycles. The normalized spacial score (nSPS) is 17.8. The molecule has 2 aromatic rings. The number of alkyl halides is 3. The van der Waals surface area contributed by atoms with Crippen molar-refractivity contribution in [1.29, 1.82) is 0 Å². The molecule has 0 radical (unpaired) electrons. The summed E-state index contributed by atoms with van der Waals surface area (Å²) in [5.74, 6) is -1.30. The molecule has 0 amide bonds. The van der Waals surface area contributed by atoms with Crippen molar-refractivity contribution in [3.05, 3.63) is 58.7 Å². The Morgan fingerprint density at radius 3 is 2.50 bits per heavy atom. The van der Waals surface area contributed by atoms with Gasteiger partial charge in [-0.1, -0.05) is 25.5 Å². The van der Waals surface area contributed by atoms with Gasteiger partial charge in [-0.3, -0.25) is 9.62 Å². The summed E-state index contributed by atoms with van der Waals surface area (Å²) in [5.41, 5.74) is -0.519. The van der Waals surface area contributed by atoms with E-state index in [-0.39, 0.29) is 22.2 Å². The second-order valence-corrected chi connectivity index (χ2v) is 9.53. The number of piperidine rings is 1. The maximum Gasteiger partial charge on any atom is 0.416 e. The van der Waals surface area contributed by atoms with Crippen molar-refractivity contribution in [3.8, 4) is 0 Å². The van der Waals surface area contributed by atoms with Crippen LogP contribution in [0, 0.1) is 0 Å². The standard InChI is InChI=1S/C22H25F3N2O4S/c1-3-14-7-8-15(21(28)29)12-20(14)32(30,31)26-18-13-16(22(23,24)25)9-10-17(18)19-6-4-5-11-27(19)2/h7-10,12-13,19,26H,3-6,11H2,1-2H3,(H,28,29). The fourth-order valence-corrected chi connectivity index (χ4v) is 5.43. The van der Waals surface area contributed by atoms with Crippen LogP contribution in [0.5, 0.6) is 0 Å². The van der Waals surface area contributed by atoms with Crippen LogP contribution in [0.1, 0.15) is 59.3 Å². The Hall–Kier alpha value is -2.59. The van der Waals surface area contributed by atoms with Crippen LogP contribution in [0.2, 0.25) is 0 Å². The number of hydrogen-bond acceptors (Lipinski definition) is 4. The van der Waals surface area contributed by atoms with Crippen LogP contribution in [0.4, 0.5) is 18.9 Å². The lowest BCUT2D eigenvalue weighted by Gasteiger charge is -2.34. The average molecular weight is 471 g/mol.